The van der Waals surface area contributed by atoms with Crippen molar-refractivity contribution in [1.29, 1.82) is 0 Å². The Bertz CT molecular complexity index is 1070. The molecule has 0 aliphatic rings. The van der Waals surface area contributed by atoms with Gasteiger partial charge in [-0.05, 0) is 30.3 Å². The van der Waals surface area contributed by atoms with E-state index in [1.807, 2.05) is 18.2 Å². The summed E-state index contributed by atoms with van der Waals surface area (Å²) in [7, 11) is 0. The number of hydrogen-bond acceptors (Lipinski definition) is 3. The Morgan fingerprint density at radius 3 is 2.88 bits per heavy atom. The Morgan fingerprint density at radius 2 is 2.00 bits per heavy atom. The molecule has 1 amide bonds. The molecule has 130 valence electrons. The molecule has 0 aliphatic heterocycles. The van der Waals surface area contributed by atoms with Crippen LogP contribution in [-0.4, -0.2) is 16.1 Å². The SMILES string of the molecule is O=C(CCc1ccc(-c2ccccc2F)o1)Nc1cccc2cn[nH]c12. The van der Waals surface area contributed by atoms with Crippen LogP contribution in [0.5, 0.6) is 0 Å². The molecule has 2 N–H and O–H groups in total. The number of anilines is 1. The number of para-hydroxylation sites is 1. The lowest BCUT2D eigenvalue weighted by Gasteiger charge is -2.05. The molecule has 0 saturated heterocycles. The largest absolute Gasteiger partial charge is 0.461 e. The van der Waals surface area contributed by atoms with Gasteiger partial charge in [0.15, 0.2) is 0 Å². The first-order chi connectivity index (χ1) is 12.7. The standard InChI is InChI=1S/C20H16FN3O2/c21-16-6-2-1-5-15(16)18-10-8-14(26-18)9-11-19(25)23-17-7-3-4-13-12-22-24-20(13)17/h1-8,10,12H,9,11H2,(H,22,24)(H,23,25). The van der Waals surface area contributed by atoms with Crippen molar-refractivity contribution in [1.82, 2.24) is 10.2 Å². The average molecular weight is 349 g/mol. The summed E-state index contributed by atoms with van der Waals surface area (Å²) >= 11 is 0. The molecule has 0 aliphatic carbocycles. The Hall–Kier alpha value is -3.41. The first kappa shape index (κ1) is 16.1. The highest BCUT2D eigenvalue weighted by Gasteiger charge is 2.11. The molecule has 0 fully saturated rings. The van der Waals surface area contributed by atoms with Crippen LogP contribution in [0, 0.1) is 5.82 Å². The fourth-order valence-electron chi connectivity index (χ4n) is 2.84. The zero-order valence-corrected chi connectivity index (χ0v) is 13.8. The van der Waals surface area contributed by atoms with Gasteiger partial charge in [0.25, 0.3) is 0 Å². The molecular formula is C20H16FN3O2. The van der Waals surface area contributed by atoms with Crippen molar-refractivity contribution in [3.63, 3.8) is 0 Å². The molecule has 0 radical (unpaired) electrons. The summed E-state index contributed by atoms with van der Waals surface area (Å²) in [6.07, 6.45) is 2.39. The van der Waals surface area contributed by atoms with E-state index in [-0.39, 0.29) is 18.1 Å². The van der Waals surface area contributed by atoms with Crippen LogP contribution in [0.15, 0.2) is 65.2 Å². The number of furan rings is 1. The predicted molar refractivity (Wildman–Crippen MR) is 97.1 cm³/mol. The van der Waals surface area contributed by atoms with Crippen molar-refractivity contribution in [2.45, 2.75) is 12.8 Å². The fourth-order valence-corrected chi connectivity index (χ4v) is 2.84. The molecule has 2 heterocycles. The maximum Gasteiger partial charge on any atom is 0.224 e. The topological polar surface area (TPSA) is 70.9 Å². The monoisotopic (exact) mass is 349 g/mol. The quantitative estimate of drug-likeness (QED) is 0.556. The van der Waals surface area contributed by atoms with Gasteiger partial charge in [-0.25, -0.2) is 4.39 Å². The van der Waals surface area contributed by atoms with E-state index in [9.17, 15) is 9.18 Å². The maximum absolute atomic E-state index is 13.8. The molecule has 0 bridgehead atoms. The van der Waals surface area contributed by atoms with Gasteiger partial charge in [-0.1, -0.05) is 24.3 Å². The summed E-state index contributed by atoms with van der Waals surface area (Å²) < 4.78 is 19.5. The van der Waals surface area contributed by atoms with Crippen molar-refractivity contribution < 1.29 is 13.6 Å². The second-order valence-electron chi connectivity index (χ2n) is 5.93. The second kappa shape index (κ2) is 6.84. The lowest BCUT2D eigenvalue weighted by molar-refractivity contribution is -0.116. The van der Waals surface area contributed by atoms with Crippen LogP contribution >= 0.6 is 0 Å². The number of benzene rings is 2. The summed E-state index contributed by atoms with van der Waals surface area (Å²) in [5, 5.41) is 10.7. The Balaban J connectivity index is 1.41. The van der Waals surface area contributed by atoms with Crippen molar-refractivity contribution in [3.05, 3.63) is 72.4 Å². The number of H-pyrrole nitrogens is 1. The minimum atomic E-state index is -0.334. The first-order valence-corrected chi connectivity index (χ1v) is 8.26. The van der Waals surface area contributed by atoms with Gasteiger partial charge in [-0.2, -0.15) is 5.10 Å². The van der Waals surface area contributed by atoms with Crippen LogP contribution in [0.25, 0.3) is 22.2 Å². The Morgan fingerprint density at radius 1 is 1.12 bits per heavy atom. The summed E-state index contributed by atoms with van der Waals surface area (Å²) in [6, 6.07) is 15.5. The van der Waals surface area contributed by atoms with Gasteiger partial charge in [0, 0.05) is 18.2 Å². The lowest BCUT2D eigenvalue weighted by atomic mass is 10.1. The van der Waals surface area contributed by atoms with Crippen LogP contribution in [-0.2, 0) is 11.2 Å². The normalized spacial score (nSPS) is 11.0. The van der Waals surface area contributed by atoms with Gasteiger partial charge in [-0.15, -0.1) is 0 Å². The third-order valence-corrected chi connectivity index (χ3v) is 4.15. The number of carbonyl (C=O) groups is 1. The van der Waals surface area contributed by atoms with E-state index in [4.69, 9.17) is 4.42 Å². The minimum Gasteiger partial charge on any atom is -0.461 e. The van der Waals surface area contributed by atoms with Crippen molar-refractivity contribution in [3.8, 4) is 11.3 Å². The Labute approximate surface area is 148 Å². The van der Waals surface area contributed by atoms with Crippen molar-refractivity contribution >= 4 is 22.5 Å². The molecule has 4 rings (SSSR count). The number of fused-ring (bicyclic) bond motifs is 1. The van der Waals surface area contributed by atoms with Gasteiger partial charge >= 0.3 is 0 Å². The number of rotatable bonds is 5. The lowest BCUT2D eigenvalue weighted by Crippen LogP contribution is -2.12. The number of nitrogens with one attached hydrogen (secondary N) is 2. The number of aromatic amines is 1. The highest BCUT2D eigenvalue weighted by atomic mass is 19.1. The number of nitrogens with zero attached hydrogens (tertiary/aromatic N) is 1. The fraction of sp³-hybridized carbons (Fsp3) is 0.100. The summed E-state index contributed by atoms with van der Waals surface area (Å²) in [5.41, 5.74) is 1.89. The molecule has 2 aromatic heterocycles. The molecule has 2 aromatic carbocycles. The highest BCUT2D eigenvalue weighted by molar-refractivity contribution is 6.00. The van der Waals surface area contributed by atoms with E-state index in [0.29, 0.717) is 29.2 Å². The van der Waals surface area contributed by atoms with E-state index in [1.54, 1.807) is 36.5 Å². The van der Waals surface area contributed by atoms with E-state index >= 15 is 0 Å². The maximum atomic E-state index is 13.8. The average Bonchev–Trinajstić information content (AvgIpc) is 3.30. The molecule has 6 heteroatoms. The number of amides is 1. The molecule has 0 saturated carbocycles. The van der Waals surface area contributed by atoms with Crippen LogP contribution in [0.1, 0.15) is 12.2 Å². The molecular weight excluding hydrogens is 333 g/mol. The zero-order chi connectivity index (χ0) is 17.9. The minimum absolute atomic E-state index is 0.129. The van der Waals surface area contributed by atoms with Gasteiger partial charge in [0.1, 0.15) is 17.3 Å². The zero-order valence-electron chi connectivity index (χ0n) is 13.8. The molecule has 26 heavy (non-hydrogen) atoms. The first-order valence-electron chi connectivity index (χ1n) is 8.26. The smallest absolute Gasteiger partial charge is 0.224 e. The third kappa shape index (κ3) is 3.21. The van der Waals surface area contributed by atoms with E-state index < -0.39 is 0 Å². The van der Waals surface area contributed by atoms with Crippen LogP contribution < -0.4 is 5.32 Å². The second-order valence-corrected chi connectivity index (χ2v) is 5.93. The van der Waals surface area contributed by atoms with E-state index in [0.717, 1.165) is 10.9 Å². The number of carbonyl (C=O) groups excluding carboxylic acids is 1. The number of hydrogen-bond donors (Lipinski definition) is 2. The highest BCUT2D eigenvalue weighted by Crippen LogP contribution is 2.25. The van der Waals surface area contributed by atoms with Crippen LogP contribution in [0.4, 0.5) is 10.1 Å². The number of aromatic nitrogens is 2. The van der Waals surface area contributed by atoms with Gasteiger partial charge in [0.2, 0.25) is 5.91 Å². The van der Waals surface area contributed by atoms with Gasteiger partial charge in [0.05, 0.1) is 23.0 Å². The van der Waals surface area contributed by atoms with Crippen LogP contribution in [0.2, 0.25) is 0 Å². The molecule has 0 atom stereocenters. The molecule has 0 unspecified atom stereocenters. The Kier molecular flexibility index (Phi) is 4.23. The summed E-state index contributed by atoms with van der Waals surface area (Å²) in [5.74, 6) is 0.633. The van der Waals surface area contributed by atoms with Crippen LogP contribution in [0.3, 0.4) is 0 Å². The third-order valence-electron chi connectivity index (χ3n) is 4.15. The van der Waals surface area contributed by atoms with E-state index in [2.05, 4.69) is 15.5 Å². The van der Waals surface area contributed by atoms with Crippen molar-refractivity contribution in [2.24, 2.45) is 0 Å². The number of halogens is 1. The van der Waals surface area contributed by atoms with Crippen molar-refractivity contribution in [2.75, 3.05) is 5.32 Å². The van der Waals surface area contributed by atoms with E-state index in [1.165, 1.54) is 6.07 Å². The predicted octanol–water partition coefficient (Wildman–Crippen LogP) is 4.53. The summed E-state index contributed by atoms with van der Waals surface area (Å²) in [6.45, 7) is 0. The van der Waals surface area contributed by atoms with Gasteiger partial charge < -0.3 is 9.73 Å². The summed E-state index contributed by atoms with van der Waals surface area (Å²) in [4.78, 5) is 12.2. The molecule has 5 nitrogen and oxygen atoms in total. The van der Waals surface area contributed by atoms with Gasteiger partial charge in [-0.3, -0.25) is 9.89 Å². The number of aryl methyl sites for hydroxylation is 1. The molecule has 4 aromatic rings. The molecule has 0 spiro atoms.